The van der Waals surface area contributed by atoms with Crippen molar-refractivity contribution >= 4 is 11.4 Å². The molecule has 1 aromatic heterocycles. The fraction of sp³-hybridized carbons (Fsp3) is 0.250. The molecule has 0 radical (unpaired) electrons. The van der Waals surface area contributed by atoms with Crippen LogP contribution in [0.25, 0.3) is 0 Å². The summed E-state index contributed by atoms with van der Waals surface area (Å²) in [4.78, 5) is 13.8. The van der Waals surface area contributed by atoms with E-state index in [4.69, 9.17) is 0 Å². The van der Waals surface area contributed by atoms with Crippen LogP contribution in [0.1, 0.15) is 0 Å². The van der Waals surface area contributed by atoms with Gasteiger partial charge >= 0.3 is 12.3 Å². The second-order valence-corrected chi connectivity index (χ2v) is 4.05. The van der Waals surface area contributed by atoms with E-state index in [0.29, 0.717) is 18.8 Å². The Morgan fingerprint density at radius 1 is 1.48 bits per heavy atom. The number of imidazole rings is 1. The van der Waals surface area contributed by atoms with E-state index in [2.05, 4.69) is 15.0 Å². The van der Waals surface area contributed by atoms with Gasteiger partial charge in [-0.2, -0.15) is 8.78 Å². The lowest BCUT2D eigenvalue weighted by Crippen LogP contribution is -2.10. The monoisotopic (exact) mass is 298 g/mol. The number of nitrogens with zero attached hydrogens (tertiary/aromatic N) is 3. The molecule has 0 atom stereocenters. The molecule has 112 valence electrons. The Hall–Kier alpha value is -2.71. The van der Waals surface area contributed by atoms with Crippen LogP contribution in [0.5, 0.6) is 5.75 Å². The molecule has 0 fully saturated rings. The van der Waals surface area contributed by atoms with E-state index < -0.39 is 23.0 Å². The van der Waals surface area contributed by atoms with Crippen LogP contribution in [0.4, 0.5) is 20.2 Å². The number of nitro benzene ring substituents is 1. The SMILES string of the molecule is O=[N+]([O-])c1ccc(NCCn2ccnc2)cc1OC(F)F. The maximum atomic E-state index is 12.3. The number of nitro groups is 1. The number of benzene rings is 1. The Labute approximate surface area is 118 Å². The van der Waals surface area contributed by atoms with Gasteiger partial charge < -0.3 is 14.6 Å². The van der Waals surface area contributed by atoms with Crippen LogP contribution in [0, 0.1) is 10.1 Å². The minimum Gasteiger partial charge on any atom is -0.427 e. The molecule has 9 heteroatoms. The van der Waals surface area contributed by atoms with Crippen molar-refractivity contribution in [2.24, 2.45) is 0 Å². The average Bonchev–Trinajstić information content (AvgIpc) is 2.91. The van der Waals surface area contributed by atoms with Crippen LogP contribution in [-0.4, -0.2) is 27.6 Å². The molecule has 0 saturated carbocycles. The highest BCUT2D eigenvalue weighted by molar-refractivity contribution is 5.58. The van der Waals surface area contributed by atoms with E-state index in [1.165, 1.54) is 12.1 Å². The van der Waals surface area contributed by atoms with Gasteiger partial charge in [0.25, 0.3) is 0 Å². The number of hydrogen-bond donors (Lipinski definition) is 1. The number of nitrogens with one attached hydrogen (secondary N) is 1. The van der Waals surface area contributed by atoms with Gasteiger partial charge in [-0.3, -0.25) is 10.1 Å². The summed E-state index contributed by atoms with van der Waals surface area (Å²) in [7, 11) is 0. The third-order valence-electron chi connectivity index (χ3n) is 2.63. The molecule has 1 N–H and O–H groups in total. The van der Waals surface area contributed by atoms with E-state index in [9.17, 15) is 18.9 Å². The van der Waals surface area contributed by atoms with E-state index in [-0.39, 0.29) is 0 Å². The number of ether oxygens (including phenoxy) is 1. The Balaban J connectivity index is 2.04. The van der Waals surface area contributed by atoms with Gasteiger partial charge in [-0.05, 0) is 6.07 Å². The first-order valence-corrected chi connectivity index (χ1v) is 5.99. The van der Waals surface area contributed by atoms with Crippen LogP contribution in [0.3, 0.4) is 0 Å². The molecule has 1 heterocycles. The van der Waals surface area contributed by atoms with Crippen LogP contribution in [-0.2, 0) is 6.54 Å². The summed E-state index contributed by atoms with van der Waals surface area (Å²) in [6.07, 6.45) is 5.06. The van der Waals surface area contributed by atoms with Gasteiger partial charge in [0.2, 0.25) is 5.75 Å². The van der Waals surface area contributed by atoms with Crippen LogP contribution in [0.15, 0.2) is 36.9 Å². The van der Waals surface area contributed by atoms with Crippen LogP contribution < -0.4 is 10.1 Å². The first-order chi connectivity index (χ1) is 10.1. The first kappa shape index (κ1) is 14.7. The number of rotatable bonds is 7. The third kappa shape index (κ3) is 4.13. The molecule has 0 bridgehead atoms. The maximum absolute atomic E-state index is 12.3. The molecule has 0 unspecified atom stereocenters. The number of aromatic nitrogens is 2. The minimum absolute atomic E-state index is 0.455. The van der Waals surface area contributed by atoms with E-state index in [1.54, 1.807) is 18.7 Å². The highest BCUT2D eigenvalue weighted by atomic mass is 19.3. The largest absolute Gasteiger partial charge is 0.427 e. The van der Waals surface area contributed by atoms with Crippen molar-refractivity contribution in [3.63, 3.8) is 0 Å². The molecule has 2 aromatic rings. The molecule has 21 heavy (non-hydrogen) atoms. The van der Waals surface area contributed by atoms with Crippen molar-refractivity contribution in [3.05, 3.63) is 47.0 Å². The molecular formula is C12H12F2N4O3. The van der Waals surface area contributed by atoms with E-state index >= 15 is 0 Å². The fourth-order valence-corrected chi connectivity index (χ4v) is 1.71. The lowest BCUT2D eigenvalue weighted by atomic mass is 10.2. The summed E-state index contributed by atoms with van der Waals surface area (Å²) in [5.41, 5.74) is -0.0492. The topological polar surface area (TPSA) is 82.2 Å². The predicted molar refractivity (Wildman–Crippen MR) is 70.4 cm³/mol. The zero-order chi connectivity index (χ0) is 15.2. The smallest absolute Gasteiger partial charge is 0.387 e. The molecule has 0 aliphatic rings. The molecule has 0 aliphatic heterocycles. The Bertz CT molecular complexity index is 605. The van der Waals surface area contributed by atoms with Crippen LogP contribution >= 0.6 is 0 Å². The quantitative estimate of drug-likeness (QED) is 0.627. The van der Waals surface area contributed by atoms with Crippen LogP contribution in [0.2, 0.25) is 0 Å². The van der Waals surface area contributed by atoms with Gasteiger partial charge in [0, 0.05) is 43.3 Å². The summed E-state index contributed by atoms with van der Waals surface area (Å²) in [6, 6.07) is 3.74. The minimum atomic E-state index is -3.12. The molecule has 1 aromatic carbocycles. The second kappa shape index (κ2) is 6.64. The summed E-state index contributed by atoms with van der Waals surface area (Å²) >= 11 is 0. The Kier molecular flexibility index (Phi) is 4.64. The molecule has 7 nitrogen and oxygen atoms in total. The zero-order valence-electron chi connectivity index (χ0n) is 10.8. The van der Waals surface area contributed by atoms with Gasteiger partial charge in [-0.1, -0.05) is 0 Å². The maximum Gasteiger partial charge on any atom is 0.387 e. The van der Waals surface area contributed by atoms with E-state index in [1.807, 2.05) is 4.57 Å². The van der Waals surface area contributed by atoms with Gasteiger partial charge in [0.15, 0.2) is 0 Å². The lowest BCUT2D eigenvalue weighted by Gasteiger charge is -2.10. The molecule has 2 rings (SSSR count). The predicted octanol–water partition coefficient (Wildman–Crippen LogP) is 2.50. The average molecular weight is 298 g/mol. The van der Waals surface area contributed by atoms with Gasteiger partial charge in [-0.25, -0.2) is 4.98 Å². The standard InChI is InChI=1S/C12H12F2N4O3/c13-12(14)21-11-7-9(1-2-10(11)18(19)20)16-4-6-17-5-3-15-8-17/h1-3,5,7-8,12,16H,4,6H2. The second-order valence-electron chi connectivity index (χ2n) is 4.05. The van der Waals surface area contributed by atoms with Crippen molar-refractivity contribution in [1.29, 1.82) is 0 Å². The highest BCUT2D eigenvalue weighted by Gasteiger charge is 2.18. The summed E-state index contributed by atoms with van der Waals surface area (Å²) in [6.45, 7) is -2.01. The third-order valence-corrected chi connectivity index (χ3v) is 2.63. The number of hydrogen-bond acceptors (Lipinski definition) is 5. The lowest BCUT2D eigenvalue weighted by molar-refractivity contribution is -0.386. The summed E-state index contributed by atoms with van der Waals surface area (Å²) in [5.74, 6) is -0.470. The highest BCUT2D eigenvalue weighted by Crippen LogP contribution is 2.31. The Morgan fingerprint density at radius 3 is 2.90 bits per heavy atom. The molecule has 0 spiro atoms. The van der Waals surface area contributed by atoms with Gasteiger partial charge in [-0.15, -0.1) is 0 Å². The van der Waals surface area contributed by atoms with Crippen molar-refractivity contribution in [2.45, 2.75) is 13.2 Å². The molecule has 0 amide bonds. The molecule has 0 aliphatic carbocycles. The number of halogens is 2. The van der Waals surface area contributed by atoms with Crippen molar-refractivity contribution in [1.82, 2.24) is 9.55 Å². The summed E-state index contributed by atoms with van der Waals surface area (Å²) < 4.78 is 30.5. The number of anilines is 1. The fourth-order valence-electron chi connectivity index (χ4n) is 1.71. The normalized spacial score (nSPS) is 10.6. The van der Waals surface area contributed by atoms with Crippen molar-refractivity contribution in [2.75, 3.05) is 11.9 Å². The van der Waals surface area contributed by atoms with Crippen molar-refractivity contribution in [3.8, 4) is 5.75 Å². The summed E-state index contributed by atoms with van der Waals surface area (Å²) in [5, 5.41) is 13.7. The van der Waals surface area contributed by atoms with E-state index in [0.717, 1.165) is 6.07 Å². The zero-order valence-corrected chi connectivity index (χ0v) is 10.8. The van der Waals surface area contributed by atoms with Gasteiger partial charge in [0.1, 0.15) is 0 Å². The molecule has 0 saturated heterocycles. The Morgan fingerprint density at radius 2 is 2.29 bits per heavy atom. The van der Waals surface area contributed by atoms with Crippen molar-refractivity contribution < 1.29 is 18.4 Å². The van der Waals surface area contributed by atoms with Gasteiger partial charge in [0.05, 0.1) is 11.3 Å². The first-order valence-electron chi connectivity index (χ1n) is 5.99. The molecular weight excluding hydrogens is 286 g/mol. The number of alkyl halides is 2.